The maximum absolute atomic E-state index is 11.5. The van der Waals surface area contributed by atoms with Gasteiger partial charge in [-0.25, -0.2) is 9.48 Å². The van der Waals surface area contributed by atoms with E-state index in [2.05, 4.69) is 32.3 Å². The van der Waals surface area contributed by atoms with E-state index in [1.54, 1.807) is 30.5 Å². The number of benzene rings is 2. The number of hydrogen-bond acceptors (Lipinski definition) is 7. The molecule has 8 nitrogen and oxygen atoms in total. The van der Waals surface area contributed by atoms with E-state index in [1.807, 2.05) is 36.1 Å². The first-order valence-electron chi connectivity index (χ1n) is 9.41. The highest BCUT2D eigenvalue weighted by molar-refractivity contribution is 5.89. The summed E-state index contributed by atoms with van der Waals surface area (Å²) in [4.78, 5) is 18.1. The first kappa shape index (κ1) is 19.5. The average Bonchev–Trinajstić information content (AvgIpc) is 3.46. The zero-order valence-electron chi connectivity index (χ0n) is 16.7. The van der Waals surface area contributed by atoms with Crippen molar-refractivity contribution in [2.75, 3.05) is 14.2 Å². The Bertz CT molecular complexity index is 1120. The largest absolute Gasteiger partial charge is 0.465 e. The SMILES string of the molecule is COC(=O)c1ccc(-c2noc(CN(C)Cc3cccc(-n4cccn4)c3)n2)cc1. The van der Waals surface area contributed by atoms with Gasteiger partial charge in [-0.15, -0.1) is 0 Å². The van der Waals surface area contributed by atoms with Gasteiger partial charge in [0.1, 0.15) is 0 Å². The quantitative estimate of drug-likeness (QED) is 0.437. The molecule has 2 aromatic heterocycles. The zero-order valence-corrected chi connectivity index (χ0v) is 16.7. The van der Waals surface area contributed by atoms with Crippen molar-refractivity contribution in [3.63, 3.8) is 0 Å². The fourth-order valence-corrected chi connectivity index (χ4v) is 3.13. The minimum absolute atomic E-state index is 0.381. The first-order chi connectivity index (χ1) is 14.6. The molecule has 0 saturated carbocycles. The third kappa shape index (κ3) is 4.44. The van der Waals surface area contributed by atoms with Crippen molar-refractivity contribution in [1.29, 1.82) is 0 Å². The Labute approximate surface area is 173 Å². The summed E-state index contributed by atoms with van der Waals surface area (Å²) in [6.45, 7) is 1.24. The molecule has 4 aromatic rings. The molecule has 0 N–H and O–H groups in total. The Morgan fingerprint density at radius 3 is 2.70 bits per heavy atom. The number of methoxy groups -OCH3 is 1. The van der Waals surface area contributed by atoms with Crippen molar-refractivity contribution in [2.24, 2.45) is 0 Å². The summed E-state index contributed by atoms with van der Waals surface area (Å²) in [5, 5.41) is 8.32. The number of aromatic nitrogens is 4. The van der Waals surface area contributed by atoms with E-state index in [9.17, 15) is 4.79 Å². The third-order valence-corrected chi connectivity index (χ3v) is 4.57. The molecule has 2 aromatic carbocycles. The van der Waals surface area contributed by atoms with Gasteiger partial charge in [0.05, 0.1) is 24.9 Å². The van der Waals surface area contributed by atoms with E-state index in [4.69, 9.17) is 9.26 Å². The van der Waals surface area contributed by atoms with Gasteiger partial charge in [-0.1, -0.05) is 29.4 Å². The minimum Gasteiger partial charge on any atom is -0.465 e. The number of carbonyl (C=O) groups excluding carboxylic acids is 1. The fourth-order valence-electron chi connectivity index (χ4n) is 3.13. The van der Waals surface area contributed by atoms with Gasteiger partial charge in [-0.3, -0.25) is 4.90 Å². The van der Waals surface area contributed by atoms with E-state index in [1.165, 1.54) is 7.11 Å². The third-order valence-electron chi connectivity index (χ3n) is 4.57. The molecule has 2 heterocycles. The van der Waals surface area contributed by atoms with Crippen LogP contribution in [-0.4, -0.2) is 44.9 Å². The lowest BCUT2D eigenvalue weighted by molar-refractivity contribution is 0.0600. The van der Waals surface area contributed by atoms with Crippen LogP contribution in [0.5, 0.6) is 0 Å². The average molecular weight is 403 g/mol. The summed E-state index contributed by atoms with van der Waals surface area (Å²) in [7, 11) is 3.35. The molecule has 0 amide bonds. The highest BCUT2D eigenvalue weighted by Crippen LogP contribution is 2.18. The lowest BCUT2D eigenvalue weighted by Crippen LogP contribution is -2.17. The Hall–Kier alpha value is -3.78. The Morgan fingerprint density at radius 2 is 1.97 bits per heavy atom. The topological polar surface area (TPSA) is 86.3 Å². The van der Waals surface area contributed by atoms with E-state index in [0.29, 0.717) is 23.8 Å². The van der Waals surface area contributed by atoms with Crippen LogP contribution >= 0.6 is 0 Å². The predicted molar refractivity (Wildman–Crippen MR) is 110 cm³/mol. The van der Waals surface area contributed by atoms with Crippen LogP contribution in [0.4, 0.5) is 0 Å². The van der Waals surface area contributed by atoms with Crippen LogP contribution in [0.1, 0.15) is 21.8 Å². The van der Waals surface area contributed by atoms with Crippen molar-refractivity contribution in [1.82, 2.24) is 24.8 Å². The smallest absolute Gasteiger partial charge is 0.337 e. The number of carbonyl (C=O) groups is 1. The minimum atomic E-state index is -0.381. The number of rotatable bonds is 7. The Balaban J connectivity index is 1.40. The monoisotopic (exact) mass is 403 g/mol. The molecular formula is C22H21N5O3. The molecule has 0 unspecified atom stereocenters. The Morgan fingerprint density at radius 1 is 1.13 bits per heavy atom. The van der Waals surface area contributed by atoms with Gasteiger partial charge < -0.3 is 9.26 Å². The number of hydrogen-bond donors (Lipinski definition) is 0. The lowest BCUT2D eigenvalue weighted by Gasteiger charge is -2.14. The van der Waals surface area contributed by atoms with Gasteiger partial charge in [0, 0.05) is 24.5 Å². The summed E-state index contributed by atoms with van der Waals surface area (Å²) in [6, 6.07) is 17.0. The molecule has 30 heavy (non-hydrogen) atoms. The molecule has 4 rings (SSSR count). The highest BCUT2D eigenvalue weighted by Gasteiger charge is 2.13. The second-order valence-corrected chi connectivity index (χ2v) is 6.87. The maximum Gasteiger partial charge on any atom is 0.337 e. The van der Waals surface area contributed by atoms with Crippen LogP contribution in [0.3, 0.4) is 0 Å². The lowest BCUT2D eigenvalue weighted by atomic mass is 10.1. The molecule has 0 aliphatic heterocycles. The first-order valence-corrected chi connectivity index (χ1v) is 9.41. The summed E-state index contributed by atoms with van der Waals surface area (Å²) >= 11 is 0. The molecular weight excluding hydrogens is 382 g/mol. The summed E-state index contributed by atoms with van der Waals surface area (Å²) in [6.07, 6.45) is 3.68. The summed E-state index contributed by atoms with van der Waals surface area (Å²) in [5.41, 5.74) is 3.42. The van der Waals surface area contributed by atoms with Gasteiger partial charge in [-0.05, 0) is 42.9 Å². The van der Waals surface area contributed by atoms with Crippen molar-refractivity contribution in [3.8, 4) is 17.1 Å². The van der Waals surface area contributed by atoms with Crippen LogP contribution < -0.4 is 0 Å². The normalized spacial score (nSPS) is 11.0. The molecule has 152 valence electrons. The van der Waals surface area contributed by atoms with Crippen LogP contribution in [0.2, 0.25) is 0 Å². The zero-order chi connectivity index (χ0) is 20.9. The predicted octanol–water partition coefficient (Wildman–Crippen LogP) is 3.34. The van der Waals surface area contributed by atoms with E-state index < -0.39 is 0 Å². The molecule has 0 aliphatic rings. The summed E-state index contributed by atoms with van der Waals surface area (Å²) in [5.74, 6) is 0.622. The van der Waals surface area contributed by atoms with Crippen LogP contribution in [-0.2, 0) is 17.8 Å². The van der Waals surface area contributed by atoms with Crippen LogP contribution in [0.15, 0.2) is 71.5 Å². The van der Waals surface area contributed by atoms with Gasteiger partial charge in [0.25, 0.3) is 0 Å². The Kier molecular flexibility index (Phi) is 5.67. The fraction of sp³-hybridized carbons (Fsp3) is 0.182. The van der Waals surface area contributed by atoms with Gasteiger partial charge in [0.15, 0.2) is 0 Å². The molecule has 0 bridgehead atoms. The standard InChI is InChI=1S/C22H21N5O3/c1-26(14-16-5-3-6-19(13-16)27-12-4-11-23-27)15-20-24-21(25-30-20)17-7-9-18(10-8-17)22(28)29-2/h3-13H,14-15H2,1-2H3. The highest BCUT2D eigenvalue weighted by atomic mass is 16.5. The van der Waals surface area contributed by atoms with Crippen molar-refractivity contribution < 1.29 is 14.1 Å². The number of nitrogens with zero attached hydrogens (tertiary/aromatic N) is 5. The van der Waals surface area contributed by atoms with Crippen LogP contribution in [0.25, 0.3) is 17.1 Å². The second kappa shape index (κ2) is 8.71. The van der Waals surface area contributed by atoms with E-state index >= 15 is 0 Å². The molecule has 8 heteroatoms. The summed E-state index contributed by atoms with van der Waals surface area (Å²) < 4.78 is 11.9. The van der Waals surface area contributed by atoms with Gasteiger partial charge in [0.2, 0.25) is 11.7 Å². The van der Waals surface area contributed by atoms with E-state index in [0.717, 1.165) is 23.4 Å². The molecule has 0 radical (unpaired) electrons. The number of ether oxygens (including phenoxy) is 1. The van der Waals surface area contributed by atoms with Gasteiger partial charge >= 0.3 is 5.97 Å². The van der Waals surface area contributed by atoms with E-state index in [-0.39, 0.29) is 5.97 Å². The van der Waals surface area contributed by atoms with Gasteiger partial charge in [-0.2, -0.15) is 10.1 Å². The maximum atomic E-state index is 11.5. The second-order valence-electron chi connectivity index (χ2n) is 6.87. The molecule has 0 fully saturated rings. The molecule has 0 atom stereocenters. The molecule has 0 saturated heterocycles. The molecule has 0 aliphatic carbocycles. The van der Waals surface area contributed by atoms with Crippen molar-refractivity contribution >= 4 is 5.97 Å². The van der Waals surface area contributed by atoms with Crippen molar-refractivity contribution in [2.45, 2.75) is 13.1 Å². The number of esters is 1. The van der Waals surface area contributed by atoms with Crippen LogP contribution in [0, 0.1) is 0 Å². The van der Waals surface area contributed by atoms with Crippen molar-refractivity contribution in [3.05, 3.63) is 84.0 Å². The molecule has 0 spiro atoms.